The summed E-state index contributed by atoms with van der Waals surface area (Å²) in [7, 11) is 0. The van der Waals surface area contributed by atoms with Crippen LogP contribution >= 0.6 is 0 Å². The van der Waals surface area contributed by atoms with Crippen molar-refractivity contribution in [2.75, 3.05) is 0 Å². The van der Waals surface area contributed by atoms with Crippen molar-refractivity contribution in [3.63, 3.8) is 0 Å². The minimum Gasteiger partial charge on any atom is -0.507 e. The number of hydrogen-bond donors (Lipinski definition) is 1. The first kappa shape index (κ1) is 18.3. The fourth-order valence-corrected chi connectivity index (χ4v) is 2.85. The minimum absolute atomic E-state index is 0.0801. The molecule has 2 aromatic carbocycles. The van der Waals surface area contributed by atoms with Gasteiger partial charge in [0.2, 0.25) is 0 Å². The second-order valence-corrected chi connectivity index (χ2v) is 8.56. The molecule has 24 heavy (non-hydrogen) atoms. The topological polar surface area (TPSA) is 20.2 Å². The van der Waals surface area contributed by atoms with Crippen molar-refractivity contribution < 1.29 is 5.11 Å². The van der Waals surface area contributed by atoms with Crippen LogP contribution in [-0.4, -0.2) is 5.11 Å². The highest BCUT2D eigenvalue weighted by molar-refractivity contribution is 5.52. The first-order valence-corrected chi connectivity index (χ1v) is 8.67. The summed E-state index contributed by atoms with van der Waals surface area (Å²) in [4.78, 5) is 0. The largest absolute Gasteiger partial charge is 0.507 e. The Balaban J connectivity index is 2.38. The second kappa shape index (κ2) is 6.84. The Morgan fingerprint density at radius 1 is 0.833 bits per heavy atom. The minimum atomic E-state index is -0.0801. The molecule has 0 radical (unpaired) electrons. The maximum Gasteiger partial charge on any atom is 0.123 e. The van der Waals surface area contributed by atoms with E-state index in [1.807, 2.05) is 6.07 Å². The van der Waals surface area contributed by atoms with Crippen molar-refractivity contribution in [1.29, 1.82) is 0 Å². The lowest BCUT2D eigenvalue weighted by Crippen LogP contribution is -2.17. The lowest BCUT2D eigenvalue weighted by Gasteiger charge is -2.28. The number of benzene rings is 2. The molecule has 1 heteroatoms. The molecule has 0 heterocycles. The predicted octanol–water partition coefficient (Wildman–Crippen LogP) is 6.24. The van der Waals surface area contributed by atoms with Gasteiger partial charge in [-0.1, -0.05) is 96.2 Å². The van der Waals surface area contributed by atoms with Gasteiger partial charge in [0.05, 0.1) is 0 Å². The van der Waals surface area contributed by atoms with Crippen LogP contribution in [0.5, 0.6) is 5.75 Å². The highest BCUT2D eigenvalue weighted by Gasteiger charge is 2.26. The van der Waals surface area contributed by atoms with Gasteiger partial charge in [-0.3, -0.25) is 0 Å². The number of phenolic OH excluding ortho intramolecular Hbond substituents is 1. The van der Waals surface area contributed by atoms with E-state index in [-0.39, 0.29) is 10.8 Å². The van der Waals surface area contributed by atoms with E-state index in [0.717, 1.165) is 17.5 Å². The fraction of sp³-hybridized carbons (Fsp3) is 0.391. The first-order valence-electron chi connectivity index (χ1n) is 8.67. The Morgan fingerprint density at radius 3 is 1.79 bits per heavy atom. The highest BCUT2D eigenvalue weighted by atomic mass is 16.3. The summed E-state index contributed by atoms with van der Waals surface area (Å²) in [6.07, 6.45) is 5.21. The van der Waals surface area contributed by atoms with Gasteiger partial charge in [0.25, 0.3) is 0 Å². The van der Waals surface area contributed by atoms with Gasteiger partial charge in [0.15, 0.2) is 0 Å². The maximum absolute atomic E-state index is 10.8. The third-order valence-corrected chi connectivity index (χ3v) is 4.25. The van der Waals surface area contributed by atoms with Crippen LogP contribution in [0.3, 0.4) is 0 Å². The Labute approximate surface area is 147 Å². The standard InChI is InChI=1S/C23H30O/c1-22(2,3)19-15-18(16-20(21(19)24)23(4,5)6)14-10-13-17-11-8-7-9-12-17/h7-13,15-16,24H,14H2,1-6H3. The quantitative estimate of drug-likeness (QED) is 0.709. The molecule has 0 bridgehead atoms. The number of phenols is 1. The molecule has 0 aliphatic heterocycles. The molecule has 0 unspecified atom stereocenters. The van der Waals surface area contributed by atoms with Crippen LogP contribution in [0, 0.1) is 0 Å². The second-order valence-electron chi connectivity index (χ2n) is 8.56. The molecule has 1 nitrogen and oxygen atoms in total. The van der Waals surface area contributed by atoms with Crippen molar-refractivity contribution in [3.8, 4) is 5.75 Å². The molecule has 2 rings (SSSR count). The molecule has 1 N–H and O–H groups in total. The van der Waals surface area contributed by atoms with Crippen LogP contribution in [0.2, 0.25) is 0 Å². The lowest BCUT2D eigenvalue weighted by molar-refractivity contribution is 0.423. The fourth-order valence-electron chi connectivity index (χ4n) is 2.85. The lowest BCUT2D eigenvalue weighted by atomic mass is 9.78. The van der Waals surface area contributed by atoms with E-state index in [1.54, 1.807) is 0 Å². The first-order chi connectivity index (χ1) is 11.1. The predicted molar refractivity (Wildman–Crippen MR) is 105 cm³/mol. The van der Waals surface area contributed by atoms with Gasteiger partial charge in [0.1, 0.15) is 5.75 Å². The summed E-state index contributed by atoms with van der Waals surface area (Å²) in [5.74, 6) is 0.450. The van der Waals surface area contributed by atoms with Crippen LogP contribution in [0.1, 0.15) is 63.8 Å². The zero-order valence-electron chi connectivity index (χ0n) is 15.9. The van der Waals surface area contributed by atoms with Crippen LogP contribution in [0.4, 0.5) is 0 Å². The van der Waals surface area contributed by atoms with Crippen LogP contribution in [-0.2, 0) is 17.3 Å². The van der Waals surface area contributed by atoms with E-state index in [4.69, 9.17) is 0 Å². The molecule has 0 amide bonds. The monoisotopic (exact) mass is 322 g/mol. The molecule has 0 saturated carbocycles. The third kappa shape index (κ3) is 4.50. The van der Waals surface area contributed by atoms with E-state index in [2.05, 4.69) is 90.1 Å². The van der Waals surface area contributed by atoms with Crippen molar-refractivity contribution >= 4 is 6.08 Å². The molecule has 0 saturated heterocycles. The van der Waals surface area contributed by atoms with Gasteiger partial charge in [-0.15, -0.1) is 0 Å². The summed E-state index contributed by atoms with van der Waals surface area (Å²) >= 11 is 0. The Morgan fingerprint density at radius 2 is 1.33 bits per heavy atom. The number of aromatic hydroxyl groups is 1. The Hall–Kier alpha value is -2.02. The average molecular weight is 322 g/mol. The maximum atomic E-state index is 10.8. The molecule has 0 aliphatic carbocycles. The summed E-state index contributed by atoms with van der Waals surface area (Å²) in [6.45, 7) is 12.9. The Bertz CT molecular complexity index is 675. The number of rotatable bonds is 3. The summed E-state index contributed by atoms with van der Waals surface area (Å²) in [6, 6.07) is 14.6. The summed E-state index contributed by atoms with van der Waals surface area (Å²) in [5.41, 5.74) is 4.35. The van der Waals surface area contributed by atoms with Crippen LogP contribution < -0.4 is 0 Å². The number of allylic oxidation sites excluding steroid dienone is 1. The molecular formula is C23H30O. The van der Waals surface area contributed by atoms with Gasteiger partial charge in [-0.05, 0) is 39.5 Å². The number of hydrogen-bond acceptors (Lipinski definition) is 1. The van der Waals surface area contributed by atoms with Crippen LogP contribution in [0.25, 0.3) is 6.08 Å². The van der Waals surface area contributed by atoms with E-state index in [1.165, 1.54) is 11.1 Å². The highest BCUT2D eigenvalue weighted by Crippen LogP contribution is 2.39. The molecular weight excluding hydrogens is 292 g/mol. The van der Waals surface area contributed by atoms with Crippen molar-refractivity contribution in [2.24, 2.45) is 0 Å². The van der Waals surface area contributed by atoms with Gasteiger partial charge in [-0.2, -0.15) is 0 Å². The molecule has 0 aromatic heterocycles. The van der Waals surface area contributed by atoms with E-state index in [0.29, 0.717) is 5.75 Å². The van der Waals surface area contributed by atoms with E-state index < -0.39 is 0 Å². The molecule has 2 aromatic rings. The normalized spacial score (nSPS) is 12.8. The van der Waals surface area contributed by atoms with Crippen molar-refractivity contribution in [3.05, 3.63) is 70.8 Å². The smallest absolute Gasteiger partial charge is 0.123 e. The van der Waals surface area contributed by atoms with Gasteiger partial charge in [-0.25, -0.2) is 0 Å². The molecule has 0 atom stereocenters. The van der Waals surface area contributed by atoms with Crippen LogP contribution in [0.15, 0.2) is 48.5 Å². The van der Waals surface area contributed by atoms with Gasteiger partial charge in [0, 0.05) is 0 Å². The summed E-state index contributed by atoms with van der Waals surface area (Å²) in [5, 5.41) is 10.8. The van der Waals surface area contributed by atoms with E-state index in [9.17, 15) is 5.11 Å². The molecule has 128 valence electrons. The zero-order valence-corrected chi connectivity index (χ0v) is 15.9. The van der Waals surface area contributed by atoms with Gasteiger partial charge < -0.3 is 5.11 Å². The van der Waals surface area contributed by atoms with Gasteiger partial charge >= 0.3 is 0 Å². The zero-order chi connectivity index (χ0) is 18.0. The SMILES string of the molecule is CC(C)(C)c1cc(CC=Cc2ccccc2)cc(C(C)(C)C)c1O. The molecule has 0 aliphatic rings. The molecule has 0 fully saturated rings. The summed E-state index contributed by atoms with van der Waals surface area (Å²) < 4.78 is 0. The van der Waals surface area contributed by atoms with Crippen molar-refractivity contribution in [2.45, 2.75) is 58.8 Å². The van der Waals surface area contributed by atoms with E-state index >= 15 is 0 Å². The average Bonchev–Trinajstić information content (AvgIpc) is 2.47. The molecule has 0 spiro atoms. The van der Waals surface area contributed by atoms with Crippen molar-refractivity contribution in [1.82, 2.24) is 0 Å². The Kier molecular flexibility index (Phi) is 5.22. The third-order valence-electron chi connectivity index (χ3n) is 4.25.